The van der Waals surface area contributed by atoms with Crippen molar-refractivity contribution in [2.75, 3.05) is 6.61 Å². The molecule has 0 radical (unpaired) electrons. The van der Waals surface area contributed by atoms with E-state index in [0.29, 0.717) is 6.42 Å². The number of carbonyl (C=O) groups is 2. The summed E-state index contributed by atoms with van der Waals surface area (Å²) in [5.74, 6) is -1.71. The van der Waals surface area contributed by atoms with Gasteiger partial charge in [-0.25, -0.2) is 0 Å². The molecule has 3 unspecified atom stereocenters. The summed E-state index contributed by atoms with van der Waals surface area (Å²) >= 11 is 0. The Morgan fingerprint density at radius 3 is 2.10 bits per heavy atom. The molecule has 0 saturated heterocycles. The van der Waals surface area contributed by atoms with Crippen molar-refractivity contribution >= 4 is 21.9 Å². The lowest BCUT2D eigenvalue weighted by Crippen LogP contribution is -2.35. The van der Waals surface area contributed by atoms with E-state index in [4.69, 9.17) is 9.29 Å². The minimum absolute atomic E-state index is 0.0683. The summed E-state index contributed by atoms with van der Waals surface area (Å²) in [6.07, 6.45) is 0.766. The van der Waals surface area contributed by atoms with Crippen LogP contribution >= 0.6 is 0 Å². The fourth-order valence-electron chi connectivity index (χ4n) is 1.36. The van der Waals surface area contributed by atoms with Crippen molar-refractivity contribution in [2.45, 2.75) is 52.2 Å². The quantitative estimate of drug-likeness (QED) is 0.515. The monoisotopic (exact) mass is 308 g/mol. The SMILES string of the molecule is CCC(C)COC(=O)C(CC(=O)C(C)CC)S(=O)(=O)O. The molecule has 0 aromatic carbocycles. The standard InChI is InChI=1S/C13H24O6S/c1-5-9(3)8-19-13(15)12(20(16,17)18)7-11(14)10(4)6-2/h9-10,12H,5-8H2,1-4H3,(H,16,17,18). The van der Waals surface area contributed by atoms with E-state index >= 15 is 0 Å². The van der Waals surface area contributed by atoms with Crippen molar-refractivity contribution in [3.63, 3.8) is 0 Å². The van der Waals surface area contributed by atoms with Gasteiger partial charge in [0.25, 0.3) is 10.1 Å². The van der Waals surface area contributed by atoms with Crippen molar-refractivity contribution < 1.29 is 27.3 Å². The van der Waals surface area contributed by atoms with E-state index in [1.807, 2.05) is 13.8 Å². The minimum Gasteiger partial charge on any atom is -0.464 e. The Kier molecular flexibility index (Phi) is 7.96. The maximum absolute atomic E-state index is 11.7. The Bertz CT molecular complexity index is 428. The summed E-state index contributed by atoms with van der Waals surface area (Å²) in [6.45, 7) is 7.25. The van der Waals surface area contributed by atoms with Crippen LogP contribution in [0.3, 0.4) is 0 Å². The van der Waals surface area contributed by atoms with Crippen LogP contribution in [-0.2, 0) is 24.4 Å². The van der Waals surface area contributed by atoms with E-state index in [0.717, 1.165) is 6.42 Å². The van der Waals surface area contributed by atoms with Gasteiger partial charge in [0.05, 0.1) is 6.61 Å². The normalized spacial score (nSPS) is 16.2. The van der Waals surface area contributed by atoms with Gasteiger partial charge in [0.2, 0.25) is 0 Å². The van der Waals surface area contributed by atoms with E-state index in [9.17, 15) is 18.0 Å². The van der Waals surface area contributed by atoms with Crippen LogP contribution in [0.25, 0.3) is 0 Å². The number of rotatable bonds is 9. The molecular formula is C13H24O6S. The van der Waals surface area contributed by atoms with Gasteiger partial charge >= 0.3 is 5.97 Å². The van der Waals surface area contributed by atoms with Gasteiger partial charge < -0.3 is 4.74 Å². The molecule has 0 heterocycles. The van der Waals surface area contributed by atoms with Crippen molar-refractivity contribution in [3.05, 3.63) is 0 Å². The molecule has 0 aromatic rings. The molecule has 1 N–H and O–H groups in total. The van der Waals surface area contributed by atoms with Gasteiger partial charge in [0, 0.05) is 12.3 Å². The number of Topliss-reactive ketones (excluding diaryl/α,β-unsaturated/α-hetero) is 1. The third-order valence-corrected chi connectivity index (χ3v) is 4.46. The van der Waals surface area contributed by atoms with Crippen molar-refractivity contribution in [2.24, 2.45) is 11.8 Å². The molecule has 0 aliphatic heterocycles. The van der Waals surface area contributed by atoms with Gasteiger partial charge in [-0.1, -0.05) is 34.1 Å². The average Bonchev–Trinajstić information content (AvgIpc) is 2.38. The zero-order valence-electron chi connectivity index (χ0n) is 12.5. The Hall–Kier alpha value is -0.950. The molecule has 0 aliphatic carbocycles. The summed E-state index contributed by atoms with van der Waals surface area (Å²) in [4.78, 5) is 23.5. The highest BCUT2D eigenvalue weighted by Gasteiger charge is 2.35. The van der Waals surface area contributed by atoms with Crippen LogP contribution < -0.4 is 0 Å². The second kappa shape index (κ2) is 8.36. The van der Waals surface area contributed by atoms with Gasteiger partial charge in [-0.2, -0.15) is 8.42 Å². The van der Waals surface area contributed by atoms with Gasteiger partial charge in [-0.3, -0.25) is 14.1 Å². The predicted molar refractivity (Wildman–Crippen MR) is 74.8 cm³/mol. The van der Waals surface area contributed by atoms with Crippen LogP contribution in [-0.4, -0.2) is 36.6 Å². The highest BCUT2D eigenvalue weighted by Crippen LogP contribution is 2.14. The summed E-state index contributed by atoms with van der Waals surface area (Å²) in [7, 11) is -4.65. The molecule has 0 bridgehead atoms. The number of hydrogen-bond donors (Lipinski definition) is 1. The fourth-order valence-corrected chi connectivity index (χ4v) is 2.04. The third-order valence-electron chi connectivity index (χ3n) is 3.38. The number of ketones is 1. The zero-order chi connectivity index (χ0) is 15.9. The smallest absolute Gasteiger partial charge is 0.327 e. The van der Waals surface area contributed by atoms with E-state index in [1.54, 1.807) is 13.8 Å². The first kappa shape index (κ1) is 19.1. The number of hydrogen-bond acceptors (Lipinski definition) is 5. The van der Waals surface area contributed by atoms with Gasteiger partial charge in [-0.15, -0.1) is 0 Å². The van der Waals surface area contributed by atoms with Crippen LogP contribution in [0.2, 0.25) is 0 Å². The molecule has 0 fully saturated rings. The summed E-state index contributed by atoms with van der Waals surface area (Å²) in [5.41, 5.74) is 0. The van der Waals surface area contributed by atoms with E-state index < -0.39 is 27.8 Å². The molecule has 0 aromatic heterocycles. The molecule has 20 heavy (non-hydrogen) atoms. The molecular weight excluding hydrogens is 284 g/mol. The second-order valence-electron chi connectivity index (χ2n) is 5.13. The number of esters is 1. The van der Waals surface area contributed by atoms with Gasteiger partial charge in [0.1, 0.15) is 5.78 Å². The highest BCUT2D eigenvalue weighted by molar-refractivity contribution is 7.87. The predicted octanol–water partition coefficient (Wildman–Crippen LogP) is 1.84. The molecule has 3 atom stereocenters. The molecule has 0 amide bonds. The van der Waals surface area contributed by atoms with Crippen LogP contribution in [0, 0.1) is 11.8 Å². The lowest BCUT2D eigenvalue weighted by Gasteiger charge is -2.16. The van der Waals surface area contributed by atoms with Crippen molar-refractivity contribution in [3.8, 4) is 0 Å². The highest BCUT2D eigenvalue weighted by atomic mass is 32.2. The molecule has 0 spiro atoms. The third kappa shape index (κ3) is 6.47. The van der Waals surface area contributed by atoms with Crippen molar-refractivity contribution in [1.82, 2.24) is 0 Å². The van der Waals surface area contributed by atoms with Crippen molar-refractivity contribution in [1.29, 1.82) is 0 Å². The number of carbonyl (C=O) groups excluding carboxylic acids is 2. The molecule has 118 valence electrons. The largest absolute Gasteiger partial charge is 0.464 e. The van der Waals surface area contributed by atoms with Crippen LogP contribution in [0.4, 0.5) is 0 Å². The topological polar surface area (TPSA) is 97.7 Å². The molecule has 0 aliphatic rings. The first-order valence-corrected chi connectivity index (χ1v) is 8.29. The Morgan fingerprint density at radius 2 is 1.70 bits per heavy atom. The van der Waals surface area contributed by atoms with E-state index in [-0.39, 0.29) is 24.2 Å². The average molecular weight is 308 g/mol. The van der Waals surface area contributed by atoms with E-state index in [1.165, 1.54) is 0 Å². The first-order valence-electron chi connectivity index (χ1n) is 6.79. The number of ether oxygens (including phenoxy) is 1. The van der Waals surface area contributed by atoms with Crippen LogP contribution in [0.1, 0.15) is 47.0 Å². The molecule has 0 rings (SSSR count). The minimum atomic E-state index is -4.65. The fraction of sp³-hybridized carbons (Fsp3) is 0.846. The Balaban J connectivity index is 4.83. The molecule has 7 heteroatoms. The Labute approximate surface area is 120 Å². The lowest BCUT2D eigenvalue weighted by atomic mass is 10.00. The maximum atomic E-state index is 11.7. The summed E-state index contributed by atoms with van der Waals surface area (Å²) < 4.78 is 36.4. The van der Waals surface area contributed by atoms with Gasteiger partial charge in [0.15, 0.2) is 5.25 Å². The maximum Gasteiger partial charge on any atom is 0.327 e. The summed E-state index contributed by atoms with van der Waals surface area (Å²) in [6, 6.07) is 0. The summed E-state index contributed by atoms with van der Waals surface area (Å²) in [5, 5.41) is -1.83. The first-order chi connectivity index (χ1) is 9.13. The molecule has 0 saturated carbocycles. The zero-order valence-corrected chi connectivity index (χ0v) is 13.3. The van der Waals surface area contributed by atoms with Crippen LogP contribution in [0.5, 0.6) is 0 Å². The Morgan fingerprint density at radius 1 is 1.15 bits per heavy atom. The second-order valence-corrected chi connectivity index (χ2v) is 6.73. The van der Waals surface area contributed by atoms with Gasteiger partial charge in [-0.05, 0) is 12.3 Å². The lowest BCUT2D eigenvalue weighted by molar-refractivity contribution is -0.145. The van der Waals surface area contributed by atoms with E-state index in [2.05, 4.69) is 0 Å². The molecule has 6 nitrogen and oxygen atoms in total. The van der Waals surface area contributed by atoms with Crippen LogP contribution in [0.15, 0.2) is 0 Å².